The molecule has 0 spiro atoms. The van der Waals surface area contributed by atoms with Crippen LogP contribution in [-0.4, -0.2) is 19.6 Å². The van der Waals surface area contributed by atoms with Crippen LogP contribution in [0.3, 0.4) is 0 Å². The van der Waals surface area contributed by atoms with Crippen LogP contribution in [0.4, 0.5) is 0 Å². The van der Waals surface area contributed by atoms with Crippen molar-refractivity contribution in [1.29, 1.82) is 0 Å². The number of nitrogens with one attached hydrogen (secondary N) is 1. The SMILES string of the molecule is O=S(=O)(N/N=C/c1ccccn1)c1ccc(Cl)c(Cl)c1. The Hall–Kier alpha value is -1.63. The van der Waals surface area contributed by atoms with Gasteiger partial charge in [-0.3, -0.25) is 4.98 Å². The normalized spacial score (nSPS) is 11.7. The number of sulfonamides is 1. The fourth-order valence-corrected chi connectivity index (χ4v) is 2.49. The first kappa shape index (κ1) is 14.8. The largest absolute Gasteiger partial charge is 0.276 e. The van der Waals surface area contributed by atoms with Crippen molar-refractivity contribution in [2.75, 3.05) is 0 Å². The highest BCUT2D eigenvalue weighted by molar-refractivity contribution is 7.89. The van der Waals surface area contributed by atoms with Gasteiger partial charge in [-0.15, -0.1) is 0 Å². The lowest BCUT2D eigenvalue weighted by Gasteiger charge is -2.04. The standard InChI is InChI=1S/C12H9Cl2N3O2S/c13-11-5-4-10(7-12(11)14)20(18,19)17-16-8-9-3-1-2-6-15-9/h1-8,17H/b16-8+. The zero-order valence-corrected chi connectivity index (χ0v) is 12.3. The number of nitrogens with zero attached hydrogens (tertiary/aromatic N) is 2. The highest BCUT2D eigenvalue weighted by Crippen LogP contribution is 2.24. The van der Waals surface area contributed by atoms with E-state index in [1.54, 1.807) is 24.4 Å². The number of hydrogen-bond acceptors (Lipinski definition) is 4. The van der Waals surface area contributed by atoms with Gasteiger partial charge in [0.15, 0.2) is 0 Å². The average molecular weight is 330 g/mol. The second-order valence-electron chi connectivity index (χ2n) is 3.68. The van der Waals surface area contributed by atoms with E-state index >= 15 is 0 Å². The average Bonchev–Trinajstić information content (AvgIpc) is 2.43. The number of aromatic nitrogens is 1. The van der Waals surface area contributed by atoms with Crippen LogP contribution in [0, 0.1) is 0 Å². The molecule has 0 aliphatic carbocycles. The second-order valence-corrected chi connectivity index (χ2v) is 6.16. The summed E-state index contributed by atoms with van der Waals surface area (Å²) in [5.74, 6) is 0. The lowest BCUT2D eigenvalue weighted by atomic mass is 10.4. The van der Waals surface area contributed by atoms with Gasteiger partial charge in [-0.25, -0.2) is 4.83 Å². The number of hydrogen-bond donors (Lipinski definition) is 1. The molecule has 2 aromatic rings. The minimum atomic E-state index is -3.79. The van der Waals surface area contributed by atoms with E-state index in [0.29, 0.717) is 5.69 Å². The van der Waals surface area contributed by atoms with Crippen molar-refractivity contribution in [2.45, 2.75) is 4.90 Å². The lowest BCUT2D eigenvalue weighted by Crippen LogP contribution is -2.18. The molecule has 0 radical (unpaired) electrons. The van der Waals surface area contributed by atoms with Gasteiger partial charge in [-0.2, -0.15) is 13.5 Å². The van der Waals surface area contributed by atoms with Gasteiger partial charge in [0.25, 0.3) is 10.0 Å². The molecule has 1 aromatic heterocycles. The Labute approximate surface area is 126 Å². The Kier molecular flexibility index (Phi) is 4.59. The van der Waals surface area contributed by atoms with E-state index in [0.717, 1.165) is 0 Å². The molecule has 0 aliphatic rings. The van der Waals surface area contributed by atoms with E-state index in [4.69, 9.17) is 23.2 Å². The van der Waals surface area contributed by atoms with Crippen molar-refractivity contribution in [3.05, 3.63) is 58.3 Å². The monoisotopic (exact) mass is 329 g/mol. The van der Waals surface area contributed by atoms with Crippen LogP contribution in [0.5, 0.6) is 0 Å². The number of hydrazone groups is 1. The van der Waals surface area contributed by atoms with E-state index in [1.807, 2.05) is 0 Å². The summed E-state index contributed by atoms with van der Waals surface area (Å²) >= 11 is 11.5. The summed E-state index contributed by atoms with van der Waals surface area (Å²) in [5.41, 5.74) is 0.532. The molecule has 0 saturated heterocycles. The molecule has 8 heteroatoms. The van der Waals surface area contributed by atoms with E-state index in [1.165, 1.54) is 24.4 Å². The molecule has 5 nitrogen and oxygen atoms in total. The highest BCUT2D eigenvalue weighted by Gasteiger charge is 2.14. The molecular weight excluding hydrogens is 321 g/mol. The maximum absolute atomic E-state index is 11.9. The van der Waals surface area contributed by atoms with Crippen molar-refractivity contribution in [1.82, 2.24) is 9.82 Å². The van der Waals surface area contributed by atoms with Crippen LogP contribution < -0.4 is 4.83 Å². The van der Waals surface area contributed by atoms with E-state index in [-0.39, 0.29) is 14.9 Å². The molecule has 104 valence electrons. The first-order chi connectivity index (χ1) is 9.49. The fraction of sp³-hybridized carbons (Fsp3) is 0. The molecule has 1 aromatic carbocycles. The van der Waals surface area contributed by atoms with Gasteiger partial charge in [0.05, 0.1) is 26.8 Å². The Bertz CT molecular complexity index is 734. The van der Waals surface area contributed by atoms with Crippen molar-refractivity contribution >= 4 is 39.4 Å². The Balaban J connectivity index is 2.15. The Morgan fingerprint density at radius 1 is 1.15 bits per heavy atom. The van der Waals surface area contributed by atoms with Crippen LogP contribution in [0.1, 0.15) is 5.69 Å². The van der Waals surface area contributed by atoms with Gasteiger partial charge < -0.3 is 0 Å². The summed E-state index contributed by atoms with van der Waals surface area (Å²) < 4.78 is 23.9. The van der Waals surface area contributed by atoms with Crippen molar-refractivity contribution in [2.24, 2.45) is 5.10 Å². The fourth-order valence-electron chi connectivity index (χ4n) is 1.31. The zero-order valence-electron chi connectivity index (χ0n) is 9.99. The first-order valence-corrected chi connectivity index (χ1v) is 7.64. The Morgan fingerprint density at radius 3 is 2.60 bits per heavy atom. The molecular formula is C12H9Cl2N3O2S. The molecule has 0 saturated carbocycles. The van der Waals surface area contributed by atoms with E-state index in [2.05, 4.69) is 14.9 Å². The molecule has 1 heterocycles. The van der Waals surface area contributed by atoms with Crippen molar-refractivity contribution < 1.29 is 8.42 Å². The van der Waals surface area contributed by atoms with Gasteiger partial charge in [-0.1, -0.05) is 29.3 Å². The van der Waals surface area contributed by atoms with Crippen LogP contribution in [0.15, 0.2) is 52.6 Å². The molecule has 0 atom stereocenters. The van der Waals surface area contributed by atoms with Crippen LogP contribution in [0.2, 0.25) is 10.0 Å². The van der Waals surface area contributed by atoms with Gasteiger partial charge in [-0.05, 0) is 30.3 Å². The highest BCUT2D eigenvalue weighted by atomic mass is 35.5. The summed E-state index contributed by atoms with van der Waals surface area (Å²) in [6.45, 7) is 0. The zero-order chi connectivity index (χ0) is 14.6. The molecule has 0 fully saturated rings. The smallest absolute Gasteiger partial charge is 0.255 e. The molecule has 0 unspecified atom stereocenters. The number of rotatable bonds is 4. The third kappa shape index (κ3) is 3.69. The topological polar surface area (TPSA) is 71.4 Å². The third-order valence-electron chi connectivity index (χ3n) is 2.26. The quantitative estimate of drug-likeness (QED) is 0.692. The molecule has 1 N–H and O–H groups in total. The molecule has 20 heavy (non-hydrogen) atoms. The van der Waals surface area contributed by atoms with E-state index in [9.17, 15) is 8.42 Å². The van der Waals surface area contributed by atoms with Crippen molar-refractivity contribution in [3.8, 4) is 0 Å². The summed E-state index contributed by atoms with van der Waals surface area (Å²) in [6.07, 6.45) is 2.88. The van der Waals surface area contributed by atoms with Gasteiger partial charge in [0, 0.05) is 6.20 Å². The number of benzene rings is 1. The van der Waals surface area contributed by atoms with Crippen LogP contribution in [0.25, 0.3) is 0 Å². The summed E-state index contributed by atoms with van der Waals surface area (Å²) in [7, 11) is -3.79. The number of halogens is 2. The summed E-state index contributed by atoms with van der Waals surface area (Å²) in [4.78, 5) is 6.02. The Morgan fingerprint density at radius 2 is 1.95 bits per heavy atom. The van der Waals surface area contributed by atoms with Crippen LogP contribution >= 0.6 is 23.2 Å². The summed E-state index contributed by atoms with van der Waals surface area (Å²) in [5, 5.41) is 4.08. The minimum absolute atomic E-state index is 0.0231. The third-order valence-corrected chi connectivity index (χ3v) is 4.22. The maximum atomic E-state index is 11.9. The predicted molar refractivity (Wildman–Crippen MR) is 78.6 cm³/mol. The second kappa shape index (κ2) is 6.21. The van der Waals surface area contributed by atoms with Gasteiger partial charge in [0.1, 0.15) is 0 Å². The van der Waals surface area contributed by atoms with Crippen LogP contribution in [-0.2, 0) is 10.0 Å². The van der Waals surface area contributed by atoms with Gasteiger partial charge >= 0.3 is 0 Å². The predicted octanol–water partition coefficient (Wildman–Crippen LogP) is 2.70. The first-order valence-electron chi connectivity index (χ1n) is 5.40. The lowest BCUT2D eigenvalue weighted by molar-refractivity contribution is 0.584. The number of pyridine rings is 1. The summed E-state index contributed by atoms with van der Waals surface area (Å²) in [6, 6.07) is 9.20. The van der Waals surface area contributed by atoms with Gasteiger partial charge in [0.2, 0.25) is 0 Å². The molecule has 0 bridgehead atoms. The molecule has 2 rings (SSSR count). The molecule has 0 amide bonds. The molecule has 0 aliphatic heterocycles. The van der Waals surface area contributed by atoms with E-state index < -0.39 is 10.0 Å². The minimum Gasteiger partial charge on any atom is -0.255 e. The maximum Gasteiger partial charge on any atom is 0.276 e. The van der Waals surface area contributed by atoms with Crippen molar-refractivity contribution in [3.63, 3.8) is 0 Å².